The number of hydrogen-bond acceptors (Lipinski definition) is 3. The second kappa shape index (κ2) is 7.92. The zero-order valence-electron chi connectivity index (χ0n) is 12.9. The van der Waals surface area contributed by atoms with Gasteiger partial charge in [-0.25, -0.2) is 4.98 Å². The largest absolute Gasteiger partial charge is 0.314 e. The van der Waals surface area contributed by atoms with Crippen LogP contribution >= 0.6 is 22.9 Å². The first-order valence-electron chi connectivity index (χ1n) is 7.42. The summed E-state index contributed by atoms with van der Waals surface area (Å²) in [4.78, 5) is 4.60. The van der Waals surface area contributed by atoms with Crippen LogP contribution in [-0.2, 0) is 12.8 Å². The normalized spacial score (nSPS) is 12.8. The molecule has 0 aliphatic carbocycles. The highest BCUT2D eigenvalue weighted by atomic mass is 35.5. The molecule has 1 aromatic carbocycles. The van der Waals surface area contributed by atoms with Crippen LogP contribution in [0.4, 0.5) is 0 Å². The van der Waals surface area contributed by atoms with Gasteiger partial charge in [0, 0.05) is 16.4 Å². The van der Waals surface area contributed by atoms with Crippen LogP contribution in [0.25, 0.3) is 0 Å². The minimum absolute atomic E-state index is 0.496. The number of aromatic nitrogens is 1. The third kappa shape index (κ3) is 5.42. The molecule has 2 aromatic rings. The van der Waals surface area contributed by atoms with Crippen LogP contribution in [0.1, 0.15) is 30.1 Å². The summed E-state index contributed by atoms with van der Waals surface area (Å²) in [7, 11) is 0. The van der Waals surface area contributed by atoms with Crippen molar-refractivity contribution < 1.29 is 0 Å². The van der Waals surface area contributed by atoms with Gasteiger partial charge in [0.15, 0.2) is 0 Å². The molecule has 1 aromatic heterocycles. The van der Waals surface area contributed by atoms with Gasteiger partial charge in [0.1, 0.15) is 0 Å². The van der Waals surface area contributed by atoms with Crippen molar-refractivity contribution in [2.75, 3.05) is 6.54 Å². The summed E-state index contributed by atoms with van der Waals surface area (Å²) < 4.78 is 0. The molecule has 0 radical (unpaired) electrons. The number of rotatable bonds is 7. The third-order valence-corrected chi connectivity index (χ3v) is 4.64. The Labute approximate surface area is 136 Å². The average molecular weight is 323 g/mol. The number of benzene rings is 1. The number of hydrogen-bond donors (Lipinski definition) is 1. The van der Waals surface area contributed by atoms with Gasteiger partial charge in [-0.3, -0.25) is 0 Å². The molecule has 1 N–H and O–H groups in total. The number of thiazole rings is 1. The monoisotopic (exact) mass is 322 g/mol. The molecule has 114 valence electrons. The summed E-state index contributed by atoms with van der Waals surface area (Å²) in [5.74, 6) is 0.508. The summed E-state index contributed by atoms with van der Waals surface area (Å²) in [5, 5.41) is 7.72. The van der Waals surface area contributed by atoms with Crippen molar-refractivity contribution in [3.8, 4) is 0 Å². The Morgan fingerprint density at radius 1 is 1.24 bits per heavy atom. The highest BCUT2D eigenvalue weighted by molar-refractivity contribution is 7.09. The lowest BCUT2D eigenvalue weighted by Gasteiger charge is -2.19. The number of halogens is 1. The zero-order valence-corrected chi connectivity index (χ0v) is 14.5. The Morgan fingerprint density at radius 2 is 2.00 bits per heavy atom. The summed E-state index contributed by atoms with van der Waals surface area (Å²) in [6, 6.07) is 8.63. The van der Waals surface area contributed by atoms with Gasteiger partial charge in [0.2, 0.25) is 0 Å². The summed E-state index contributed by atoms with van der Waals surface area (Å²) >= 11 is 8.03. The molecule has 0 aliphatic heterocycles. The van der Waals surface area contributed by atoms with E-state index in [2.05, 4.69) is 48.6 Å². The second-order valence-corrected chi connectivity index (χ2v) is 7.26. The molecule has 0 spiro atoms. The van der Waals surface area contributed by atoms with Gasteiger partial charge < -0.3 is 5.32 Å². The fraction of sp³-hybridized carbons (Fsp3) is 0.471. The smallest absolute Gasteiger partial charge is 0.0897 e. The Morgan fingerprint density at radius 3 is 2.62 bits per heavy atom. The van der Waals surface area contributed by atoms with Crippen molar-refractivity contribution >= 4 is 22.9 Å². The fourth-order valence-corrected chi connectivity index (χ4v) is 3.23. The molecule has 0 amide bonds. The quantitative estimate of drug-likeness (QED) is 0.811. The minimum Gasteiger partial charge on any atom is -0.314 e. The van der Waals surface area contributed by atoms with E-state index in [1.165, 1.54) is 11.3 Å². The number of nitrogens with one attached hydrogen (secondary N) is 1. The first-order valence-corrected chi connectivity index (χ1v) is 8.68. The molecule has 2 rings (SSSR count). The van der Waals surface area contributed by atoms with Crippen LogP contribution in [0, 0.1) is 12.8 Å². The molecule has 4 heteroatoms. The molecule has 0 saturated carbocycles. The molecule has 1 atom stereocenters. The van der Waals surface area contributed by atoms with Gasteiger partial charge in [-0.2, -0.15) is 0 Å². The van der Waals surface area contributed by atoms with E-state index in [1.54, 1.807) is 11.3 Å². The molecule has 0 saturated heterocycles. The summed E-state index contributed by atoms with van der Waals surface area (Å²) in [6.07, 6.45) is 1.98. The van der Waals surface area contributed by atoms with Crippen LogP contribution in [0.2, 0.25) is 5.02 Å². The average Bonchev–Trinajstić information content (AvgIpc) is 2.84. The standard InChI is InChI=1S/C17H23ClN2S/c1-12(2)19-10-14(9-16-11-21-13(3)20-16)8-15-6-4-5-7-17(15)18/h4-7,11-12,14,19H,8-10H2,1-3H3. The Bertz CT molecular complexity index is 565. The number of aryl methyl sites for hydroxylation is 1. The van der Waals surface area contributed by atoms with Gasteiger partial charge in [-0.1, -0.05) is 43.6 Å². The Kier molecular flexibility index (Phi) is 6.22. The van der Waals surface area contributed by atoms with E-state index in [0.717, 1.165) is 29.4 Å². The minimum atomic E-state index is 0.496. The van der Waals surface area contributed by atoms with Gasteiger partial charge in [-0.15, -0.1) is 11.3 Å². The maximum atomic E-state index is 6.30. The van der Waals surface area contributed by atoms with E-state index >= 15 is 0 Å². The molecular weight excluding hydrogens is 300 g/mol. The van der Waals surface area contributed by atoms with E-state index in [4.69, 9.17) is 11.6 Å². The second-order valence-electron chi connectivity index (χ2n) is 5.79. The molecule has 1 unspecified atom stereocenters. The molecule has 21 heavy (non-hydrogen) atoms. The first-order chi connectivity index (χ1) is 10.0. The highest BCUT2D eigenvalue weighted by Gasteiger charge is 2.14. The lowest BCUT2D eigenvalue weighted by molar-refractivity contribution is 0.441. The molecule has 1 heterocycles. The van der Waals surface area contributed by atoms with Crippen molar-refractivity contribution in [1.82, 2.24) is 10.3 Å². The van der Waals surface area contributed by atoms with Crippen LogP contribution in [0.5, 0.6) is 0 Å². The van der Waals surface area contributed by atoms with Gasteiger partial charge in [-0.05, 0) is 43.9 Å². The molecule has 0 aliphatic rings. The van der Waals surface area contributed by atoms with Crippen LogP contribution < -0.4 is 5.32 Å². The van der Waals surface area contributed by atoms with Crippen molar-refractivity contribution in [3.05, 3.63) is 50.9 Å². The number of nitrogens with zero attached hydrogens (tertiary/aromatic N) is 1. The lowest BCUT2D eigenvalue weighted by atomic mass is 9.94. The Balaban J connectivity index is 2.06. The molecule has 2 nitrogen and oxygen atoms in total. The van der Waals surface area contributed by atoms with Crippen molar-refractivity contribution in [1.29, 1.82) is 0 Å². The van der Waals surface area contributed by atoms with E-state index in [9.17, 15) is 0 Å². The summed E-state index contributed by atoms with van der Waals surface area (Å²) in [6.45, 7) is 7.40. The third-order valence-electron chi connectivity index (χ3n) is 3.45. The molecule has 0 bridgehead atoms. The van der Waals surface area contributed by atoms with Gasteiger partial charge in [0.25, 0.3) is 0 Å². The highest BCUT2D eigenvalue weighted by Crippen LogP contribution is 2.21. The zero-order chi connectivity index (χ0) is 15.2. The van der Waals surface area contributed by atoms with Crippen molar-refractivity contribution in [2.24, 2.45) is 5.92 Å². The molecular formula is C17H23ClN2S. The maximum absolute atomic E-state index is 6.30. The van der Waals surface area contributed by atoms with E-state index in [1.807, 2.05) is 12.1 Å². The van der Waals surface area contributed by atoms with Crippen LogP contribution in [-0.4, -0.2) is 17.6 Å². The van der Waals surface area contributed by atoms with Crippen molar-refractivity contribution in [3.63, 3.8) is 0 Å². The van der Waals surface area contributed by atoms with Gasteiger partial charge >= 0.3 is 0 Å². The maximum Gasteiger partial charge on any atom is 0.0897 e. The first kappa shape index (κ1) is 16.5. The van der Waals surface area contributed by atoms with E-state index in [-0.39, 0.29) is 0 Å². The Hall–Kier alpha value is -0.900. The van der Waals surface area contributed by atoms with Crippen LogP contribution in [0.3, 0.4) is 0 Å². The van der Waals surface area contributed by atoms with Crippen molar-refractivity contribution in [2.45, 2.75) is 39.7 Å². The summed E-state index contributed by atoms with van der Waals surface area (Å²) in [5.41, 5.74) is 2.42. The SMILES string of the molecule is Cc1nc(CC(CNC(C)C)Cc2ccccc2Cl)cs1. The molecule has 0 fully saturated rings. The predicted octanol–water partition coefficient (Wildman–Crippen LogP) is 4.50. The lowest BCUT2D eigenvalue weighted by Crippen LogP contribution is -2.31. The topological polar surface area (TPSA) is 24.9 Å². The van der Waals surface area contributed by atoms with E-state index < -0.39 is 0 Å². The van der Waals surface area contributed by atoms with E-state index in [0.29, 0.717) is 12.0 Å². The van der Waals surface area contributed by atoms with Crippen LogP contribution in [0.15, 0.2) is 29.6 Å². The predicted molar refractivity (Wildman–Crippen MR) is 92.3 cm³/mol. The van der Waals surface area contributed by atoms with Gasteiger partial charge in [0.05, 0.1) is 10.7 Å². The fourth-order valence-electron chi connectivity index (χ4n) is 2.39.